The summed E-state index contributed by atoms with van der Waals surface area (Å²) in [6.07, 6.45) is -2.10. The molecule has 16 nitrogen and oxygen atoms in total. The van der Waals surface area contributed by atoms with Crippen molar-refractivity contribution in [3.05, 3.63) is 95.1 Å². The Morgan fingerprint density at radius 3 is 2.13 bits per heavy atom. The van der Waals surface area contributed by atoms with Crippen LogP contribution in [0.1, 0.15) is 52.6 Å². The molecule has 3 aromatic carbocycles. The van der Waals surface area contributed by atoms with E-state index in [4.69, 9.17) is 18.9 Å². The van der Waals surface area contributed by atoms with E-state index >= 15 is 0 Å². The summed E-state index contributed by atoms with van der Waals surface area (Å²) in [6, 6.07) is 16.5. The number of fused-ring (bicyclic) bond motifs is 1. The van der Waals surface area contributed by atoms with Gasteiger partial charge < -0.3 is 29.2 Å². The Morgan fingerprint density at radius 1 is 0.870 bits per heavy atom. The summed E-state index contributed by atoms with van der Waals surface area (Å²) in [4.78, 5) is 69.2. The highest BCUT2D eigenvalue weighted by Gasteiger charge is 2.55. The number of amides is 5. The lowest BCUT2D eigenvalue weighted by Gasteiger charge is -2.48. The molecule has 6 rings (SSSR count). The second-order valence-electron chi connectivity index (χ2n) is 13.9. The molecule has 0 aliphatic carbocycles. The van der Waals surface area contributed by atoms with Crippen molar-refractivity contribution in [1.82, 2.24) is 23.7 Å². The van der Waals surface area contributed by atoms with Crippen molar-refractivity contribution < 1.29 is 51.3 Å². The van der Waals surface area contributed by atoms with Crippen LogP contribution in [-0.2, 0) is 37.6 Å². The molecule has 17 heteroatoms. The third kappa shape index (κ3) is 7.54. The number of methoxy groups -OCH3 is 2. The second kappa shape index (κ2) is 15.0. The third-order valence-electron chi connectivity index (χ3n) is 9.21. The average molecular weight is 764 g/mol. The molecule has 0 bridgehead atoms. The van der Waals surface area contributed by atoms with Gasteiger partial charge in [0, 0.05) is 31.3 Å². The van der Waals surface area contributed by atoms with E-state index in [1.807, 2.05) is 0 Å². The number of likely N-dealkylation sites (tertiary alicyclic amines) is 1. The van der Waals surface area contributed by atoms with Crippen molar-refractivity contribution in [3.63, 3.8) is 0 Å². The molecular formula is C37H41N5O11S. The van der Waals surface area contributed by atoms with Crippen LogP contribution < -0.4 is 14.8 Å². The quantitative estimate of drug-likeness (QED) is 0.224. The van der Waals surface area contributed by atoms with Crippen LogP contribution in [0, 0.1) is 0 Å². The lowest BCUT2D eigenvalue weighted by atomic mass is 9.93. The van der Waals surface area contributed by atoms with Gasteiger partial charge in [-0.25, -0.2) is 9.59 Å². The number of rotatable bonds is 11. The molecule has 3 aromatic rings. The van der Waals surface area contributed by atoms with Gasteiger partial charge in [0.2, 0.25) is 5.91 Å². The fraction of sp³-hybridized carbons (Fsp3) is 0.378. The van der Waals surface area contributed by atoms with Crippen LogP contribution in [0.4, 0.5) is 9.59 Å². The van der Waals surface area contributed by atoms with E-state index in [2.05, 4.69) is 5.32 Å². The molecule has 3 aliphatic heterocycles. The Kier molecular flexibility index (Phi) is 10.6. The minimum atomic E-state index is -4.69. The number of imide groups is 1. The zero-order valence-electron chi connectivity index (χ0n) is 30.4. The highest BCUT2D eigenvalue weighted by Crippen LogP contribution is 2.34. The van der Waals surface area contributed by atoms with Crippen molar-refractivity contribution >= 4 is 40.1 Å². The summed E-state index contributed by atoms with van der Waals surface area (Å²) in [5, 5.41) is 2.57. The van der Waals surface area contributed by atoms with Gasteiger partial charge in [-0.05, 0) is 50.6 Å². The van der Waals surface area contributed by atoms with Crippen LogP contribution in [-0.4, -0.2) is 114 Å². The van der Waals surface area contributed by atoms with Gasteiger partial charge in [-0.15, -0.1) is 0 Å². The Bertz CT molecular complexity index is 2040. The van der Waals surface area contributed by atoms with Gasteiger partial charge in [0.1, 0.15) is 29.7 Å². The maximum Gasteiger partial charge on any atom is 0.425 e. The molecule has 2 fully saturated rings. The van der Waals surface area contributed by atoms with E-state index in [9.17, 15) is 32.4 Å². The molecule has 0 unspecified atom stereocenters. The number of ether oxygens (including phenoxy) is 4. The van der Waals surface area contributed by atoms with E-state index in [1.54, 1.807) is 81.4 Å². The van der Waals surface area contributed by atoms with E-state index in [0.29, 0.717) is 26.9 Å². The summed E-state index contributed by atoms with van der Waals surface area (Å²) in [5.41, 5.74) is 0.605. The van der Waals surface area contributed by atoms with Gasteiger partial charge in [-0.1, -0.05) is 42.5 Å². The lowest BCUT2D eigenvalue weighted by molar-refractivity contribution is -0.152. The summed E-state index contributed by atoms with van der Waals surface area (Å²) in [6.45, 7) is 3.50. The van der Waals surface area contributed by atoms with Crippen molar-refractivity contribution in [2.24, 2.45) is 0 Å². The van der Waals surface area contributed by atoms with Gasteiger partial charge in [-0.2, -0.15) is 17.0 Å². The first kappa shape index (κ1) is 38.1. The molecule has 3 heterocycles. The maximum absolute atomic E-state index is 14.3. The number of benzene rings is 3. The molecule has 3 aliphatic rings. The number of nitrogens with one attached hydrogen (secondary N) is 1. The minimum absolute atomic E-state index is 0.0294. The topological polar surface area (TPSA) is 181 Å². The highest BCUT2D eigenvalue weighted by molar-refractivity contribution is 7.87. The monoisotopic (exact) mass is 763 g/mol. The molecule has 0 saturated carbocycles. The predicted octanol–water partition coefficient (Wildman–Crippen LogP) is 3.17. The van der Waals surface area contributed by atoms with Gasteiger partial charge in [-0.3, -0.25) is 19.3 Å². The van der Waals surface area contributed by atoms with Crippen LogP contribution in [0.25, 0.3) is 0 Å². The zero-order valence-corrected chi connectivity index (χ0v) is 31.2. The van der Waals surface area contributed by atoms with E-state index in [0.717, 1.165) is 9.21 Å². The smallest absolute Gasteiger partial charge is 0.425 e. The number of β-lactam (4-membered cyclic amide) rings is 1. The summed E-state index contributed by atoms with van der Waals surface area (Å²) < 4.78 is 51.9. The highest BCUT2D eigenvalue weighted by atomic mass is 32.2. The van der Waals surface area contributed by atoms with Crippen LogP contribution in [0.2, 0.25) is 0 Å². The molecule has 3 atom stereocenters. The molecular weight excluding hydrogens is 722 g/mol. The zero-order chi connectivity index (χ0) is 38.9. The molecule has 286 valence electrons. The number of carbonyl (C=O) groups excluding carboxylic acids is 5. The normalized spacial score (nSPS) is 20.7. The first-order chi connectivity index (χ1) is 25.6. The number of alkyl carbamates (subject to hydrolysis) is 1. The number of carbonyl (C=O) groups is 5. The van der Waals surface area contributed by atoms with Crippen LogP contribution in [0.3, 0.4) is 0 Å². The van der Waals surface area contributed by atoms with Gasteiger partial charge >= 0.3 is 22.4 Å². The number of hydrogen-bond acceptors (Lipinski definition) is 11. The van der Waals surface area contributed by atoms with E-state index < -0.39 is 70.4 Å². The SMILES string of the molecule is COc1ccc(CN2C(=O)[C@@H](NC(=O)OC(C)(C)C)[C@H]2CN2C[C@@H](CN3C(=O)c4ccccc4C3=O)N(C(=O)OCc3ccccc3)S2(=O)=O)c(OC)c1. The van der Waals surface area contributed by atoms with Crippen molar-refractivity contribution in [2.75, 3.05) is 33.9 Å². The summed E-state index contributed by atoms with van der Waals surface area (Å²) >= 11 is 0. The van der Waals surface area contributed by atoms with Gasteiger partial charge in [0.15, 0.2) is 0 Å². The molecule has 0 radical (unpaired) electrons. The van der Waals surface area contributed by atoms with Gasteiger partial charge in [0.05, 0.1) is 44.0 Å². The maximum atomic E-state index is 14.3. The lowest BCUT2D eigenvalue weighted by Crippen LogP contribution is -2.73. The van der Waals surface area contributed by atoms with Crippen LogP contribution >= 0.6 is 0 Å². The van der Waals surface area contributed by atoms with Crippen molar-refractivity contribution in [1.29, 1.82) is 0 Å². The largest absolute Gasteiger partial charge is 0.497 e. The Morgan fingerprint density at radius 2 is 1.52 bits per heavy atom. The van der Waals surface area contributed by atoms with Crippen LogP contribution in [0.5, 0.6) is 11.5 Å². The minimum Gasteiger partial charge on any atom is -0.497 e. The molecule has 0 aromatic heterocycles. The third-order valence-corrected chi connectivity index (χ3v) is 11.1. The van der Waals surface area contributed by atoms with Crippen LogP contribution in [0.15, 0.2) is 72.8 Å². The Labute approximate surface area is 312 Å². The van der Waals surface area contributed by atoms with Crippen molar-refractivity contribution in [2.45, 2.75) is 57.6 Å². The van der Waals surface area contributed by atoms with Gasteiger partial charge in [0.25, 0.3) is 11.8 Å². The number of nitrogens with zero attached hydrogens (tertiary/aromatic N) is 4. The fourth-order valence-electron chi connectivity index (χ4n) is 6.63. The molecule has 0 spiro atoms. The molecule has 54 heavy (non-hydrogen) atoms. The summed E-state index contributed by atoms with van der Waals surface area (Å²) in [7, 11) is -1.74. The average Bonchev–Trinajstić information content (AvgIpc) is 3.54. The Hall–Kier alpha value is -5.68. The molecule has 1 N–H and O–H groups in total. The number of hydrogen-bond donors (Lipinski definition) is 1. The fourth-order valence-corrected chi connectivity index (χ4v) is 8.33. The Balaban J connectivity index is 1.30. The second-order valence-corrected chi connectivity index (χ2v) is 15.7. The summed E-state index contributed by atoms with van der Waals surface area (Å²) in [5.74, 6) is -0.851. The first-order valence-electron chi connectivity index (χ1n) is 17.1. The van der Waals surface area contributed by atoms with Crippen molar-refractivity contribution in [3.8, 4) is 11.5 Å². The molecule has 2 saturated heterocycles. The predicted molar refractivity (Wildman–Crippen MR) is 192 cm³/mol. The van der Waals surface area contributed by atoms with E-state index in [1.165, 1.54) is 31.3 Å². The first-order valence-corrected chi connectivity index (χ1v) is 18.5. The molecule has 5 amide bonds. The standard InChI is InChI=1S/C37H41N5O11S/c1-37(2,3)53-35(46)38-31-29(40(34(31)45)18-24-15-16-26(50-4)17-30(24)51-5)21-39-19-25(20-41-32(43)27-13-9-10-14-28(27)33(41)44)42(54(39,48)49)36(47)52-22-23-11-7-6-8-12-23/h6-17,25,29,31H,18-22H2,1-5H3,(H,38,46)/t25-,29+,31-/m0/s1. The van der Waals surface area contributed by atoms with E-state index in [-0.39, 0.29) is 37.4 Å².